The van der Waals surface area contributed by atoms with Crippen molar-refractivity contribution in [2.75, 3.05) is 31.7 Å². The quantitative estimate of drug-likeness (QED) is 0.738. The number of ether oxygens (including phenoxy) is 2. The van der Waals surface area contributed by atoms with Crippen molar-refractivity contribution in [3.63, 3.8) is 0 Å². The second kappa shape index (κ2) is 7.65. The van der Waals surface area contributed by atoms with E-state index in [4.69, 9.17) is 32.7 Å². The Labute approximate surface area is 164 Å². The zero-order valence-electron chi connectivity index (χ0n) is 14.7. The van der Waals surface area contributed by atoms with Crippen LogP contribution in [0.3, 0.4) is 0 Å². The Hall–Kier alpha value is -1.46. The van der Waals surface area contributed by atoms with Crippen LogP contribution in [0.1, 0.15) is 24.4 Å². The Balaban J connectivity index is 1.82. The van der Waals surface area contributed by atoms with E-state index in [9.17, 15) is 0 Å². The molecule has 2 atom stereocenters. The Bertz CT molecular complexity index is 799. The molecule has 0 amide bonds. The molecule has 2 aliphatic heterocycles. The number of anilines is 1. The fraction of sp³-hybridized carbons (Fsp3) is 0.400. The Morgan fingerprint density at radius 2 is 2.04 bits per heavy atom. The molecule has 2 aliphatic rings. The SMILES string of the molecule is COCCNC1CCCN2c3c(ccc(Cl)c3Cl)Oc3ccccc3C12. The third-order valence-electron chi connectivity index (χ3n) is 5.12. The number of fused-ring (bicyclic) bond motifs is 5. The molecule has 138 valence electrons. The molecule has 4 rings (SSSR count). The first-order valence-electron chi connectivity index (χ1n) is 8.94. The molecule has 6 heteroatoms. The minimum atomic E-state index is 0.133. The summed E-state index contributed by atoms with van der Waals surface area (Å²) >= 11 is 13.0. The van der Waals surface area contributed by atoms with Crippen LogP contribution in [0.15, 0.2) is 36.4 Å². The van der Waals surface area contributed by atoms with Gasteiger partial charge in [0.2, 0.25) is 0 Å². The molecule has 2 aromatic carbocycles. The van der Waals surface area contributed by atoms with E-state index in [2.05, 4.69) is 22.3 Å². The summed E-state index contributed by atoms with van der Waals surface area (Å²) in [5.41, 5.74) is 2.06. The van der Waals surface area contributed by atoms with Crippen molar-refractivity contribution in [2.45, 2.75) is 24.9 Å². The predicted octanol–water partition coefficient (Wildman–Crippen LogP) is 5.05. The van der Waals surface area contributed by atoms with Crippen LogP contribution in [0.25, 0.3) is 0 Å². The number of halogens is 2. The fourth-order valence-electron chi connectivity index (χ4n) is 4.00. The van der Waals surface area contributed by atoms with Gasteiger partial charge >= 0.3 is 0 Å². The van der Waals surface area contributed by atoms with E-state index < -0.39 is 0 Å². The van der Waals surface area contributed by atoms with Crippen molar-refractivity contribution in [1.82, 2.24) is 5.32 Å². The number of rotatable bonds is 4. The summed E-state index contributed by atoms with van der Waals surface area (Å²) in [7, 11) is 1.72. The van der Waals surface area contributed by atoms with Crippen molar-refractivity contribution in [1.29, 1.82) is 0 Å². The van der Waals surface area contributed by atoms with Gasteiger partial charge in [-0.3, -0.25) is 0 Å². The lowest BCUT2D eigenvalue weighted by molar-refractivity contribution is 0.190. The highest BCUT2D eigenvalue weighted by Gasteiger charge is 2.38. The number of piperidine rings is 1. The molecule has 4 nitrogen and oxygen atoms in total. The molecule has 0 aromatic heterocycles. The first-order chi connectivity index (χ1) is 12.7. The third-order valence-corrected chi connectivity index (χ3v) is 5.91. The molecule has 1 fully saturated rings. The maximum Gasteiger partial charge on any atom is 0.152 e. The Morgan fingerprint density at radius 1 is 1.19 bits per heavy atom. The number of nitrogens with zero attached hydrogens (tertiary/aromatic N) is 1. The monoisotopic (exact) mass is 392 g/mol. The molecule has 0 spiro atoms. The highest BCUT2D eigenvalue weighted by molar-refractivity contribution is 6.44. The van der Waals surface area contributed by atoms with Gasteiger partial charge in [0.1, 0.15) is 11.4 Å². The van der Waals surface area contributed by atoms with E-state index in [1.54, 1.807) is 13.2 Å². The van der Waals surface area contributed by atoms with Gasteiger partial charge < -0.3 is 19.7 Å². The number of hydrogen-bond donors (Lipinski definition) is 1. The summed E-state index contributed by atoms with van der Waals surface area (Å²) in [5.74, 6) is 1.63. The van der Waals surface area contributed by atoms with Crippen LogP contribution in [0, 0.1) is 0 Å². The molecule has 2 aromatic rings. The van der Waals surface area contributed by atoms with Crippen molar-refractivity contribution in [3.05, 3.63) is 52.0 Å². The second-order valence-electron chi connectivity index (χ2n) is 6.68. The third kappa shape index (κ3) is 3.16. The molecule has 26 heavy (non-hydrogen) atoms. The first kappa shape index (κ1) is 17.9. The van der Waals surface area contributed by atoms with Crippen molar-refractivity contribution in [3.8, 4) is 11.5 Å². The molecule has 1 saturated heterocycles. The van der Waals surface area contributed by atoms with Crippen LogP contribution in [-0.4, -0.2) is 32.8 Å². The van der Waals surface area contributed by atoms with Crippen LogP contribution in [0.4, 0.5) is 5.69 Å². The van der Waals surface area contributed by atoms with Crippen LogP contribution >= 0.6 is 23.2 Å². The predicted molar refractivity (Wildman–Crippen MR) is 106 cm³/mol. The lowest BCUT2D eigenvalue weighted by atomic mass is 9.89. The van der Waals surface area contributed by atoms with Gasteiger partial charge in [-0.05, 0) is 31.0 Å². The number of para-hydroxylation sites is 1. The number of hydrogen-bond acceptors (Lipinski definition) is 4. The van der Waals surface area contributed by atoms with Crippen molar-refractivity contribution >= 4 is 28.9 Å². The molecular formula is C20H22Cl2N2O2. The molecule has 0 saturated carbocycles. The lowest BCUT2D eigenvalue weighted by Crippen LogP contribution is -2.49. The maximum absolute atomic E-state index is 6.63. The molecule has 2 unspecified atom stereocenters. The van der Waals surface area contributed by atoms with Gasteiger partial charge in [0.25, 0.3) is 0 Å². The zero-order chi connectivity index (χ0) is 18.1. The van der Waals surface area contributed by atoms with Crippen LogP contribution < -0.4 is 15.0 Å². The van der Waals surface area contributed by atoms with E-state index in [1.807, 2.05) is 18.2 Å². The van der Waals surface area contributed by atoms with E-state index in [1.165, 1.54) is 5.56 Å². The number of benzene rings is 2. The highest BCUT2D eigenvalue weighted by atomic mass is 35.5. The molecule has 0 aliphatic carbocycles. The summed E-state index contributed by atoms with van der Waals surface area (Å²) < 4.78 is 11.5. The second-order valence-corrected chi connectivity index (χ2v) is 7.47. The van der Waals surface area contributed by atoms with Gasteiger partial charge in [-0.25, -0.2) is 0 Å². The highest BCUT2D eigenvalue weighted by Crippen LogP contribution is 2.51. The Kier molecular flexibility index (Phi) is 5.28. The zero-order valence-corrected chi connectivity index (χ0v) is 16.2. The van der Waals surface area contributed by atoms with E-state index >= 15 is 0 Å². The summed E-state index contributed by atoms with van der Waals surface area (Å²) in [4.78, 5) is 2.35. The van der Waals surface area contributed by atoms with Gasteiger partial charge in [-0.2, -0.15) is 0 Å². The van der Waals surface area contributed by atoms with E-state index in [-0.39, 0.29) is 12.1 Å². The average molecular weight is 393 g/mol. The average Bonchev–Trinajstić information content (AvgIpc) is 2.80. The van der Waals surface area contributed by atoms with Gasteiger partial charge in [-0.1, -0.05) is 41.4 Å². The van der Waals surface area contributed by atoms with Gasteiger partial charge in [0, 0.05) is 31.8 Å². The molecule has 0 bridgehead atoms. The van der Waals surface area contributed by atoms with Gasteiger partial charge in [-0.15, -0.1) is 0 Å². The lowest BCUT2D eigenvalue weighted by Gasteiger charge is -2.43. The van der Waals surface area contributed by atoms with E-state index in [0.717, 1.165) is 43.1 Å². The summed E-state index contributed by atoms with van der Waals surface area (Å²) in [6.45, 7) is 2.41. The summed E-state index contributed by atoms with van der Waals surface area (Å²) in [6.07, 6.45) is 2.17. The largest absolute Gasteiger partial charge is 0.455 e. The van der Waals surface area contributed by atoms with Crippen molar-refractivity contribution < 1.29 is 9.47 Å². The number of nitrogens with one attached hydrogen (secondary N) is 1. The normalized spacial score (nSPS) is 21.3. The number of methoxy groups -OCH3 is 1. The molecule has 2 heterocycles. The fourth-order valence-corrected chi connectivity index (χ4v) is 4.42. The van der Waals surface area contributed by atoms with Crippen molar-refractivity contribution in [2.24, 2.45) is 0 Å². The van der Waals surface area contributed by atoms with Crippen LogP contribution in [-0.2, 0) is 4.74 Å². The first-order valence-corrected chi connectivity index (χ1v) is 9.70. The molecule has 1 N–H and O–H groups in total. The van der Waals surface area contributed by atoms with Crippen LogP contribution in [0.5, 0.6) is 11.5 Å². The smallest absolute Gasteiger partial charge is 0.152 e. The minimum absolute atomic E-state index is 0.133. The van der Waals surface area contributed by atoms with E-state index in [0.29, 0.717) is 16.7 Å². The van der Waals surface area contributed by atoms with Crippen LogP contribution in [0.2, 0.25) is 10.0 Å². The summed E-state index contributed by atoms with van der Waals surface area (Å²) in [6, 6.07) is 12.3. The summed E-state index contributed by atoms with van der Waals surface area (Å²) in [5, 5.41) is 4.76. The maximum atomic E-state index is 6.63. The molecule has 0 radical (unpaired) electrons. The standard InChI is InChI=1S/C20H22Cl2N2O2/c1-25-12-10-23-15-6-4-11-24-19(15)13-5-2-3-7-16(13)26-17-9-8-14(21)18(22)20(17)24/h2-3,5,7-9,15,19,23H,4,6,10-12H2,1H3. The van der Waals surface area contributed by atoms with Gasteiger partial charge in [0.15, 0.2) is 5.75 Å². The topological polar surface area (TPSA) is 33.7 Å². The molecular weight excluding hydrogens is 371 g/mol. The minimum Gasteiger partial charge on any atom is -0.455 e. The van der Waals surface area contributed by atoms with Gasteiger partial charge in [0.05, 0.1) is 22.7 Å². The Morgan fingerprint density at radius 3 is 2.88 bits per heavy atom.